The molecule has 2 saturated heterocycles. The van der Waals surface area contributed by atoms with Gasteiger partial charge in [-0.25, -0.2) is 13.8 Å². The van der Waals surface area contributed by atoms with Gasteiger partial charge < -0.3 is 29.3 Å². The second-order valence-corrected chi connectivity index (χ2v) is 14.9. The summed E-state index contributed by atoms with van der Waals surface area (Å²) in [5.74, 6) is -0.0985. The quantitative estimate of drug-likeness (QED) is 0.144. The number of hydrogen-bond acceptors (Lipinski definition) is 9. The smallest absolute Gasteiger partial charge is 0.471 e. The van der Waals surface area contributed by atoms with Gasteiger partial charge in [-0.3, -0.25) is 4.79 Å². The monoisotopic (exact) mass is 732 g/mol. The molecular weight excluding hydrogens is 699 g/mol. The molecule has 53 heavy (non-hydrogen) atoms. The van der Waals surface area contributed by atoms with Gasteiger partial charge in [-0.15, -0.1) is 6.42 Å². The van der Waals surface area contributed by atoms with Crippen LogP contribution in [-0.4, -0.2) is 100 Å². The van der Waals surface area contributed by atoms with Gasteiger partial charge in [-0.2, -0.15) is 23.1 Å². The zero-order valence-corrected chi connectivity index (χ0v) is 28.5. The second-order valence-electron chi connectivity index (χ2n) is 14.9. The van der Waals surface area contributed by atoms with Crippen molar-refractivity contribution >= 4 is 33.4 Å². The maximum Gasteiger partial charge on any atom is 0.471 e. The van der Waals surface area contributed by atoms with Gasteiger partial charge in [0.05, 0.1) is 31.4 Å². The Bertz CT molecular complexity index is 2260. The number of likely N-dealkylation sites (tertiary alicyclic amines) is 1. The number of piperidine rings is 1. The first-order chi connectivity index (χ1) is 25.4. The third kappa shape index (κ3) is 5.65. The molecule has 9 rings (SSSR count). The minimum atomic E-state index is -5.06. The summed E-state index contributed by atoms with van der Waals surface area (Å²) in [7, 11) is 1.30. The molecule has 10 nitrogen and oxygen atoms in total. The van der Waals surface area contributed by atoms with Gasteiger partial charge in [-0.05, 0) is 54.7 Å². The van der Waals surface area contributed by atoms with Crippen LogP contribution in [-0.2, 0) is 4.79 Å². The number of aromatic nitrogens is 3. The summed E-state index contributed by atoms with van der Waals surface area (Å²) in [5, 5.41) is 11.1. The van der Waals surface area contributed by atoms with E-state index in [-0.39, 0.29) is 81.7 Å². The van der Waals surface area contributed by atoms with E-state index >= 15 is 4.39 Å². The number of amides is 1. The summed E-state index contributed by atoms with van der Waals surface area (Å²) in [5.41, 5.74) is -0.918. The number of benzene rings is 2. The highest BCUT2D eigenvalue weighted by atomic mass is 19.4. The van der Waals surface area contributed by atoms with Gasteiger partial charge in [0.25, 0.3) is 0 Å². The van der Waals surface area contributed by atoms with Gasteiger partial charge in [0.15, 0.2) is 5.82 Å². The lowest BCUT2D eigenvalue weighted by Crippen LogP contribution is -2.59. The van der Waals surface area contributed by atoms with Crippen LogP contribution < -0.4 is 14.4 Å². The molecule has 4 fully saturated rings. The van der Waals surface area contributed by atoms with E-state index in [2.05, 4.69) is 20.8 Å². The SMILES string of the molecule is C#Cc1c(F)ccc2cc(O)cc(-c3nc(OC)c4c(N5CC6C=CC(C5)N6C(=O)C(F)(F)F)nc(OCC5(CN6CC7CC7C6)CC5)nc4c3F)c12. The molecule has 1 amide bonds. The predicted octanol–water partition coefficient (Wildman–Crippen LogP) is 5.45. The Morgan fingerprint density at radius 3 is 2.40 bits per heavy atom. The van der Waals surface area contributed by atoms with Crippen LogP contribution >= 0.6 is 0 Å². The molecular formula is C38H33F5N6O4. The van der Waals surface area contributed by atoms with E-state index in [1.54, 1.807) is 4.90 Å². The van der Waals surface area contributed by atoms with Crippen LogP contribution in [0.2, 0.25) is 0 Å². The largest absolute Gasteiger partial charge is 0.508 e. The maximum absolute atomic E-state index is 17.2. The Morgan fingerprint density at radius 2 is 1.75 bits per heavy atom. The van der Waals surface area contributed by atoms with E-state index in [4.69, 9.17) is 20.9 Å². The standard InChI is InChI=1S/C38H33F5N6O4/c1-3-25-27(39)7-4-19-11-24(50)12-26(28(19)25)31-30(40)32-29(34(44-31)52-2)33(48-15-22-5-6-23(16-48)49(22)35(51)38(41,42)43)46-36(45-32)53-18-37(8-9-37)17-47-13-20-10-21(20)14-47/h1,4-7,11-12,20-23,50H,8-10,13-18H2,2H3. The molecule has 5 heterocycles. The summed E-state index contributed by atoms with van der Waals surface area (Å²) >= 11 is 0. The fourth-order valence-corrected chi connectivity index (χ4v) is 8.45. The van der Waals surface area contributed by atoms with Crippen molar-refractivity contribution in [1.82, 2.24) is 24.8 Å². The van der Waals surface area contributed by atoms with E-state index in [1.165, 1.54) is 43.9 Å². The molecule has 4 aromatic rings. The number of anilines is 1. The molecule has 4 atom stereocenters. The highest BCUT2D eigenvalue weighted by Gasteiger charge is 2.52. The summed E-state index contributed by atoms with van der Waals surface area (Å²) in [6.45, 7) is 3.06. The minimum absolute atomic E-state index is 0.0151. The van der Waals surface area contributed by atoms with Gasteiger partial charge in [0.2, 0.25) is 5.88 Å². The van der Waals surface area contributed by atoms with E-state index in [0.29, 0.717) is 5.39 Å². The number of phenolic OH excluding ortho intramolecular Hbond substituents is 1. The van der Waals surface area contributed by atoms with E-state index in [0.717, 1.165) is 55.3 Å². The first kappa shape index (κ1) is 33.6. The Morgan fingerprint density at radius 1 is 1.04 bits per heavy atom. The predicted molar refractivity (Wildman–Crippen MR) is 183 cm³/mol. The molecule has 5 aliphatic rings. The number of phenols is 1. The second kappa shape index (κ2) is 11.9. The number of nitrogens with zero attached hydrogens (tertiary/aromatic N) is 6. The number of rotatable bonds is 8. The zero-order chi connectivity index (χ0) is 37.0. The minimum Gasteiger partial charge on any atom is -0.508 e. The number of fused-ring (bicyclic) bond motifs is 5. The van der Waals surface area contributed by atoms with Crippen molar-refractivity contribution < 1.29 is 41.3 Å². The third-order valence-corrected chi connectivity index (χ3v) is 11.3. The number of halogens is 5. The van der Waals surface area contributed by atoms with Crippen LogP contribution in [0.3, 0.4) is 0 Å². The van der Waals surface area contributed by atoms with Gasteiger partial charge in [0, 0.05) is 49.1 Å². The topological polar surface area (TPSA) is 104 Å². The summed E-state index contributed by atoms with van der Waals surface area (Å²) < 4.78 is 84.7. The highest BCUT2D eigenvalue weighted by molar-refractivity contribution is 6.04. The summed E-state index contributed by atoms with van der Waals surface area (Å²) in [4.78, 5) is 31.0. The Labute approximate surface area is 300 Å². The average molecular weight is 733 g/mol. The Kier molecular flexibility index (Phi) is 7.54. The number of hydrogen-bond donors (Lipinski definition) is 1. The number of alkyl halides is 3. The molecule has 2 aliphatic carbocycles. The molecule has 2 aromatic heterocycles. The maximum atomic E-state index is 17.2. The average Bonchev–Trinajstić information content (AvgIpc) is 4.01. The van der Waals surface area contributed by atoms with E-state index in [9.17, 15) is 27.5 Å². The third-order valence-electron chi connectivity index (χ3n) is 11.3. The molecule has 274 valence electrons. The Balaban J connectivity index is 1.16. The summed E-state index contributed by atoms with van der Waals surface area (Å²) in [6.07, 6.45) is 6.88. The van der Waals surface area contributed by atoms with Gasteiger partial charge >= 0.3 is 18.1 Å². The summed E-state index contributed by atoms with van der Waals surface area (Å²) in [6, 6.07) is 3.09. The van der Waals surface area contributed by atoms with E-state index < -0.39 is 35.8 Å². The molecule has 2 saturated carbocycles. The number of pyridine rings is 1. The lowest BCUT2D eigenvalue weighted by atomic mass is 9.95. The zero-order valence-electron chi connectivity index (χ0n) is 28.5. The van der Waals surface area contributed by atoms with Crippen molar-refractivity contribution in [2.24, 2.45) is 17.3 Å². The molecule has 2 bridgehead atoms. The van der Waals surface area contributed by atoms with Crippen LogP contribution in [0.25, 0.3) is 32.9 Å². The number of ether oxygens (including phenoxy) is 2. The number of aromatic hydroxyl groups is 1. The lowest BCUT2D eigenvalue weighted by molar-refractivity contribution is -0.188. The van der Waals surface area contributed by atoms with Crippen molar-refractivity contribution in [2.45, 2.75) is 37.5 Å². The Hall–Kier alpha value is -5.23. The fraction of sp³-hybridized carbons (Fsp3) is 0.421. The molecule has 4 unspecified atom stereocenters. The molecule has 0 radical (unpaired) electrons. The van der Waals surface area contributed by atoms with Gasteiger partial charge in [-0.1, -0.05) is 24.1 Å². The molecule has 15 heteroatoms. The van der Waals surface area contributed by atoms with E-state index in [1.807, 2.05) is 0 Å². The van der Waals surface area contributed by atoms with Crippen LogP contribution in [0.15, 0.2) is 36.4 Å². The van der Waals surface area contributed by atoms with Crippen LogP contribution in [0.5, 0.6) is 17.6 Å². The fourth-order valence-electron chi connectivity index (χ4n) is 8.45. The van der Waals surface area contributed by atoms with Gasteiger partial charge in [0.1, 0.15) is 34.0 Å². The normalized spacial score (nSPS) is 24.1. The molecule has 1 N–H and O–H groups in total. The molecule has 3 aliphatic heterocycles. The van der Waals surface area contributed by atoms with Crippen LogP contribution in [0, 0.1) is 41.2 Å². The number of carbonyl (C=O) groups is 1. The van der Waals surface area contributed by atoms with Crippen molar-refractivity contribution in [1.29, 1.82) is 0 Å². The first-order valence-corrected chi connectivity index (χ1v) is 17.4. The molecule has 0 spiro atoms. The van der Waals surface area contributed by atoms with Crippen molar-refractivity contribution in [3.05, 3.63) is 53.6 Å². The number of terminal acetylenes is 1. The number of piperazine rings is 1. The number of methoxy groups -OCH3 is 1. The number of carbonyl (C=O) groups excluding carboxylic acids is 1. The van der Waals surface area contributed by atoms with Crippen molar-refractivity contribution in [3.63, 3.8) is 0 Å². The first-order valence-electron chi connectivity index (χ1n) is 17.4. The molecule has 2 aromatic carbocycles. The van der Waals surface area contributed by atoms with Crippen molar-refractivity contribution in [3.8, 4) is 41.2 Å². The lowest BCUT2D eigenvalue weighted by Gasteiger charge is -2.42. The van der Waals surface area contributed by atoms with Crippen molar-refractivity contribution in [2.75, 3.05) is 51.3 Å². The highest BCUT2D eigenvalue weighted by Crippen LogP contribution is 2.51. The van der Waals surface area contributed by atoms with Crippen LogP contribution in [0.1, 0.15) is 24.8 Å². The van der Waals surface area contributed by atoms with Crippen LogP contribution in [0.4, 0.5) is 27.8 Å².